The van der Waals surface area contributed by atoms with Crippen molar-refractivity contribution in [3.05, 3.63) is 64.0 Å². The highest BCUT2D eigenvalue weighted by atomic mass is 16.6. The van der Waals surface area contributed by atoms with Crippen LogP contribution < -0.4 is 14.8 Å². The van der Waals surface area contributed by atoms with Gasteiger partial charge in [0.05, 0.1) is 36.9 Å². The molecule has 0 spiro atoms. The zero-order valence-corrected chi connectivity index (χ0v) is 14.1. The Kier molecular flexibility index (Phi) is 4.70. The number of nitro benzene ring substituents is 1. The number of hydrogen-bond donors (Lipinski definition) is 1. The van der Waals surface area contributed by atoms with Gasteiger partial charge in [-0.05, 0) is 12.1 Å². The first-order chi connectivity index (χ1) is 12.5. The van der Waals surface area contributed by atoms with Crippen molar-refractivity contribution in [2.75, 3.05) is 14.2 Å². The normalized spacial score (nSPS) is 10.5. The third kappa shape index (κ3) is 3.14. The Hall–Kier alpha value is -3.62. The lowest BCUT2D eigenvalue weighted by atomic mass is 10.1. The lowest BCUT2D eigenvalue weighted by Gasteiger charge is -2.10. The van der Waals surface area contributed by atoms with Crippen LogP contribution in [0.4, 0.5) is 5.69 Å². The number of carbonyl (C=O) groups excluding carboxylic acids is 1. The third-order valence-corrected chi connectivity index (χ3v) is 3.89. The fraction of sp³-hybridized carbons (Fsp3) is 0.176. The predicted molar refractivity (Wildman–Crippen MR) is 92.6 cm³/mol. The van der Waals surface area contributed by atoms with Gasteiger partial charge in [-0.25, -0.2) is 4.52 Å². The largest absolute Gasteiger partial charge is 0.493 e. The van der Waals surface area contributed by atoms with Gasteiger partial charge in [-0.3, -0.25) is 14.9 Å². The third-order valence-electron chi connectivity index (χ3n) is 3.89. The first-order valence-corrected chi connectivity index (χ1v) is 7.65. The van der Waals surface area contributed by atoms with Gasteiger partial charge in [0, 0.05) is 24.4 Å². The smallest absolute Gasteiger partial charge is 0.286 e. The number of fused-ring (bicyclic) bond motifs is 1. The molecule has 0 aliphatic carbocycles. The monoisotopic (exact) mass is 356 g/mol. The number of benzene rings is 1. The van der Waals surface area contributed by atoms with Gasteiger partial charge in [0.1, 0.15) is 5.56 Å². The Morgan fingerprint density at radius 2 is 2.00 bits per heavy atom. The van der Waals surface area contributed by atoms with Gasteiger partial charge >= 0.3 is 0 Å². The second-order valence-electron chi connectivity index (χ2n) is 5.36. The van der Waals surface area contributed by atoms with E-state index in [1.807, 2.05) is 18.2 Å². The predicted octanol–water partition coefficient (Wildman–Crippen LogP) is 2.19. The van der Waals surface area contributed by atoms with Crippen molar-refractivity contribution in [3.8, 4) is 11.5 Å². The molecule has 0 atom stereocenters. The van der Waals surface area contributed by atoms with Crippen LogP contribution in [0.1, 0.15) is 15.9 Å². The van der Waals surface area contributed by atoms with Crippen LogP contribution in [0.15, 0.2) is 42.7 Å². The maximum atomic E-state index is 12.5. The van der Waals surface area contributed by atoms with Gasteiger partial charge in [0.15, 0.2) is 11.5 Å². The second-order valence-corrected chi connectivity index (χ2v) is 5.36. The van der Waals surface area contributed by atoms with Crippen LogP contribution >= 0.6 is 0 Å². The summed E-state index contributed by atoms with van der Waals surface area (Å²) in [6.07, 6.45) is 3.43. The van der Waals surface area contributed by atoms with Crippen molar-refractivity contribution in [3.63, 3.8) is 0 Å². The number of nitro groups is 1. The summed E-state index contributed by atoms with van der Waals surface area (Å²) in [5.41, 5.74) is 1.17. The minimum Gasteiger partial charge on any atom is -0.493 e. The molecule has 1 amide bonds. The number of nitrogens with one attached hydrogen (secondary N) is 1. The Labute approximate surface area is 148 Å². The van der Waals surface area contributed by atoms with Gasteiger partial charge in [-0.1, -0.05) is 6.07 Å². The van der Waals surface area contributed by atoms with Crippen molar-refractivity contribution >= 4 is 17.1 Å². The van der Waals surface area contributed by atoms with Crippen LogP contribution in [-0.2, 0) is 6.54 Å². The summed E-state index contributed by atoms with van der Waals surface area (Å²) in [4.78, 5) is 23.2. The molecule has 9 heteroatoms. The minimum absolute atomic E-state index is 0.107. The Balaban J connectivity index is 1.88. The zero-order valence-electron chi connectivity index (χ0n) is 14.1. The van der Waals surface area contributed by atoms with Gasteiger partial charge in [0.25, 0.3) is 11.6 Å². The number of methoxy groups -OCH3 is 2. The number of nitrogens with zero attached hydrogens (tertiary/aromatic N) is 3. The molecule has 0 aliphatic rings. The molecule has 0 radical (unpaired) electrons. The lowest BCUT2D eigenvalue weighted by molar-refractivity contribution is -0.385. The first kappa shape index (κ1) is 17.2. The van der Waals surface area contributed by atoms with E-state index in [4.69, 9.17) is 9.47 Å². The molecule has 1 aromatic carbocycles. The molecule has 3 aromatic rings. The van der Waals surface area contributed by atoms with E-state index in [2.05, 4.69) is 10.4 Å². The fourth-order valence-corrected chi connectivity index (χ4v) is 2.60. The average molecular weight is 356 g/mol. The van der Waals surface area contributed by atoms with Gasteiger partial charge in [0.2, 0.25) is 0 Å². The number of carbonyl (C=O) groups is 1. The highest BCUT2D eigenvalue weighted by Gasteiger charge is 2.24. The van der Waals surface area contributed by atoms with Crippen LogP contribution in [0.2, 0.25) is 0 Å². The van der Waals surface area contributed by atoms with Crippen LogP contribution in [-0.4, -0.2) is 34.7 Å². The molecular formula is C17H16N4O5. The van der Waals surface area contributed by atoms with E-state index >= 15 is 0 Å². The standard InChI is InChI=1S/C17H16N4O5/c1-25-15-7-12(14(21(23)24)8-16(15)26-2)17(22)18-9-11-10-19-20-6-4-3-5-13(11)20/h3-8,10H,9H2,1-2H3,(H,18,22). The van der Waals surface area contributed by atoms with Crippen molar-refractivity contribution in [2.24, 2.45) is 0 Å². The molecule has 0 bridgehead atoms. The SMILES string of the molecule is COc1cc(C(=O)NCc2cnn3ccccc23)c([N+](=O)[O-])cc1OC. The molecule has 0 unspecified atom stereocenters. The second kappa shape index (κ2) is 7.09. The Bertz CT molecular complexity index is 982. The topological polar surface area (TPSA) is 108 Å². The number of ether oxygens (including phenoxy) is 2. The molecule has 1 N–H and O–H groups in total. The number of hydrogen-bond acceptors (Lipinski definition) is 6. The molecule has 9 nitrogen and oxygen atoms in total. The van der Waals surface area contributed by atoms with Crippen LogP contribution in [0.25, 0.3) is 5.52 Å². The van der Waals surface area contributed by atoms with E-state index in [0.717, 1.165) is 11.1 Å². The Morgan fingerprint density at radius 3 is 2.69 bits per heavy atom. The first-order valence-electron chi connectivity index (χ1n) is 7.65. The molecular weight excluding hydrogens is 340 g/mol. The molecule has 0 aliphatic heterocycles. The van der Waals surface area contributed by atoms with E-state index in [1.165, 1.54) is 26.4 Å². The highest BCUT2D eigenvalue weighted by Crippen LogP contribution is 2.34. The number of pyridine rings is 1. The average Bonchev–Trinajstić information content (AvgIpc) is 3.08. The highest BCUT2D eigenvalue weighted by molar-refractivity contribution is 5.99. The summed E-state index contributed by atoms with van der Waals surface area (Å²) in [5, 5.41) is 18.2. The van der Waals surface area contributed by atoms with Gasteiger partial charge in [-0.2, -0.15) is 5.10 Å². The van der Waals surface area contributed by atoms with E-state index in [-0.39, 0.29) is 29.3 Å². The molecule has 3 rings (SSSR count). The van der Waals surface area contributed by atoms with Crippen LogP contribution in [0.3, 0.4) is 0 Å². The molecule has 0 saturated heterocycles. The molecule has 26 heavy (non-hydrogen) atoms. The summed E-state index contributed by atoms with van der Waals surface area (Å²) in [6.45, 7) is 0.178. The van der Waals surface area contributed by atoms with Gasteiger partial charge < -0.3 is 14.8 Å². The number of rotatable bonds is 6. The Morgan fingerprint density at radius 1 is 1.27 bits per heavy atom. The molecule has 2 heterocycles. The minimum atomic E-state index is -0.633. The van der Waals surface area contributed by atoms with Crippen molar-refractivity contribution in [1.29, 1.82) is 0 Å². The molecule has 0 fully saturated rings. The number of aromatic nitrogens is 2. The fourth-order valence-electron chi connectivity index (χ4n) is 2.60. The molecule has 134 valence electrons. The molecule has 0 saturated carbocycles. The zero-order chi connectivity index (χ0) is 18.7. The van der Waals surface area contributed by atoms with E-state index in [1.54, 1.807) is 16.9 Å². The lowest BCUT2D eigenvalue weighted by Crippen LogP contribution is -2.23. The van der Waals surface area contributed by atoms with E-state index in [9.17, 15) is 14.9 Å². The maximum absolute atomic E-state index is 12.5. The summed E-state index contributed by atoms with van der Waals surface area (Å²) < 4.78 is 11.9. The van der Waals surface area contributed by atoms with Crippen molar-refractivity contribution in [1.82, 2.24) is 14.9 Å². The van der Waals surface area contributed by atoms with Crippen molar-refractivity contribution in [2.45, 2.75) is 6.54 Å². The van der Waals surface area contributed by atoms with E-state index in [0.29, 0.717) is 0 Å². The van der Waals surface area contributed by atoms with Crippen LogP contribution in [0.5, 0.6) is 11.5 Å². The van der Waals surface area contributed by atoms with Crippen molar-refractivity contribution < 1.29 is 19.2 Å². The summed E-state index contributed by atoms with van der Waals surface area (Å²) in [6, 6.07) is 8.04. The molecule has 2 aromatic heterocycles. The van der Waals surface area contributed by atoms with E-state index < -0.39 is 10.8 Å². The summed E-state index contributed by atoms with van der Waals surface area (Å²) >= 11 is 0. The number of amides is 1. The van der Waals surface area contributed by atoms with Crippen LogP contribution in [0, 0.1) is 10.1 Å². The quantitative estimate of drug-likeness (QED) is 0.536. The maximum Gasteiger partial charge on any atom is 0.286 e. The summed E-state index contributed by atoms with van der Waals surface area (Å²) in [5.74, 6) is -0.175. The summed E-state index contributed by atoms with van der Waals surface area (Å²) in [7, 11) is 2.76. The van der Waals surface area contributed by atoms with Gasteiger partial charge in [-0.15, -0.1) is 0 Å².